The largest absolute Gasteiger partial charge is 0.366 e. The molecule has 7 nitrogen and oxygen atoms in total. The Balaban J connectivity index is 1.53. The van der Waals surface area contributed by atoms with E-state index in [1.54, 1.807) is 18.2 Å². The van der Waals surface area contributed by atoms with Crippen molar-refractivity contribution in [1.29, 1.82) is 0 Å². The van der Waals surface area contributed by atoms with Crippen LogP contribution in [0.15, 0.2) is 29.1 Å². The Morgan fingerprint density at radius 3 is 2.79 bits per heavy atom. The standard InChI is InChI=1S/C20H22N4O3S/c1-11-12(2)28-20-17(11)19(27)23-15(24-20)6-7-16(25)22-9-8-13-4-3-5-14(10-13)18(21)26/h3-5,10H,6-9H2,1-2H3,(H2,21,26)(H,22,25)(H,23,24,27). The van der Waals surface area contributed by atoms with Gasteiger partial charge in [-0.25, -0.2) is 4.98 Å². The predicted octanol–water partition coefficient (Wildman–Crippen LogP) is 1.99. The van der Waals surface area contributed by atoms with Crippen molar-refractivity contribution in [3.63, 3.8) is 0 Å². The molecular weight excluding hydrogens is 376 g/mol. The molecule has 2 aromatic heterocycles. The molecule has 0 aliphatic heterocycles. The van der Waals surface area contributed by atoms with Gasteiger partial charge in [-0.15, -0.1) is 11.3 Å². The summed E-state index contributed by atoms with van der Waals surface area (Å²) in [6.45, 7) is 4.33. The van der Waals surface area contributed by atoms with Crippen molar-refractivity contribution in [2.45, 2.75) is 33.1 Å². The van der Waals surface area contributed by atoms with Gasteiger partial charge in [0.15, 0.2) is 0 Å². The lowest BCUT2D eigenvalue weighted by molar-refractivity contribution is -0.121. The van der Waals surface area contributed by atoms with Gasteiger partial charge < -0.3 is 16.0 Å². The molecule has 0 aliphatic rings. The Hall–Kier alpha value is -3.00. The molecule has 146 valence electrons. The van der Waals surface area contributed by atoms with Crippen LogP contribution in [-0.4, -0.2) is 28.3 Å². The summed E-state index contributed by atoms with van der Waals surface area (Å²) < 4.78 is 0. The minimum absolute atomic E-state index is 0.118. The van der Waals surface area contributed by atoms with Gasteiger partial charge in [-0.2, -0.15) is 0 Å². The molecule has 0 aliphatic carbocycles. The summed E-state index contributed by atoms with van der Waals surface area (Å²) in [6, 6.07) is 7.03. The lowest BCUT2D eigenvalue weighted by Crippen LogP contribution is -2.26. The summed E-state index contributed by atoms with van der Waals surface area (Å²) >= 11 is 1.49. The van der Waals surface area contributed by atoms with Crippen molar-refractivity contribution in [2.75, 3.05) is 6.54 Å². The van der Waals surface area contributed by atoms with Gasteiger partial charge >= 0.3 is 0 Å². The lowest BCUT2D eigenvalue weighted by atomic mass is 10.1. The summed E-state index contributed by atoms with van der Waals surface area (Å²) in [5.74, 6) is -0.0733. The van der Waals surface area contributed by atoms with Gasteiger partial charge in [-0.3, -0.25) is 14.4 Å². The topological polar surface area (TPSA) is 118 Å². The first-order valence-electron chi connectivity index (χ1n) is 8.99. The van der Waals surface area contributed by atoms with E-state index >= 15 is 0 Å². The number of aryl methyl sites for hydroxylation is 3. The third kappa shape index (κ3) is 4.45. The molecule has 2 heterocycles. The maximum Gasteiger partial charge on any atom is 0.259 e. The van der Waals surface area contributed by atoms with E-state index in [2.05, 4.69) is 15.3 Å². The highest BCUT2D eigenvalue weighted by molar-refractivity contribution is 7.18. The molecular formula is C20H22N4O3S. The molecule has 0 saturated heterocycles. The zero-order chi connectivity index (χ0) is 20.3. The van der Waals surface area contributed by atoms with Crippen molar-refractivity contribution in [1.82, 2.24) is 15.3 Å². The van der Waals surface area contributed by atoms with Crippen molar-refractivity contribution < 1.29 is 9.59 Å². The highest BCUT2D eigenvalue weighted by Gasteiger charge is 2.12. The summed E-state index contributed by atoms with van der Waals surface area (Å²) in [6.07, 6.45) is 1.20. The van der Waals surface area contributed by atoms with Crippen LogP contribution in [0.1, 0.15) is 38.6 Å². The van der Waals surface area contributed by atoms with Gasteiger partial charge in [-0.1, -0.05) is 12.1 Å². The van der Waals surface area contributed by atoms with E-state index in [4.69, 9.17) is 5.73 Å². The van der Waals surface area contributed by atoms with Gasteiger partial charge in [0.2, 0.25) is 11.8 Å². The average Bonchev–Trinajstić information content (AvgIpc) is 2.94. The maximum absolute atomic E-state index is 12.3. The molecule has 0 fully saturated rings. The first-order valence-corrected chi connectivity index (χ1v) is 9.81. The summed E-state index contributed by atoms with van der Waals surface area (Å²) in [5, 5.41) is 3.48. The van der Waals surface area contributed by atoms with Crippen LogP contribution in [0.3, 0.4) is 0 Å². The summed E-state index contributed by atoms with van der Waals surface area (Å²) in [7, 11) is 0. The van der Waals surface area contributed by atoms with Gasteiger partial charge in [-0.05, 0) is 43.5 Å². The van der Waals surface area contributed by atoms with Crippen LogP contribution in [0.25, 0.3) is 10.2 Å². The number of hydrogen-bond donors (Lipinski definition) is 3. The first kappa shape index (κ1) is 19.8. The zero-order valence-corrected chi connectivity index (χ0v) is 16.6. The number of primary amides is 1. The molecule has 0 unspecified atom stereocenters. The van der Waals surface area contributed by atoms with E-state index in [0.29, 0.717) is 41.0 Å². The Labute approximate surface area is 166 Å². The number of benzene rings is 1. The van der Waals surface area contributed by atoms with Gasteiger partial charge in [0, 0.05) is 29.8 Å². The van der Waals surface area contributed by atoms with E-state index in [-0.39, 0.29) is 17.9 Å². The quantitative estimate of drug-likeness (QED) is 0.564. The number of rotatable bonds is 7. The third-order valence-corrected chi connectivity index (χ3v) is 5.73. The molecule has 1 aromatic carbocycles. The number of fused-ring (bicyclic) bond motifs is 1. The number of nitrogens with zero attached hydrogens (tertiary/aromatic N) is 1. The van der Waals surface area contributed by atoms with E-state index in [1.165, 1.54) is 11.3 Å². The second kappa shape index (κ2) is 8.35. The minimum Gasteiger partial charge on any atom is -0.366 e. The molecule has 0 spiro atoms. The monoisotopic (exact) mass is 398 g/mol. The second-order valence-electron chi connectivity index (χ2n) is 6.64. The smallest absolute Gasteiger partial charge is 0.259 e. The lowest BCUT2D eigenvalue weighted by Gasteiger charge is -2.06. The van der Waals surface area contributed by atoms with E-state index in [0.717, 1.165) is 16.0 Å². The van der Waals surface area contributed by atoms with E-state index in [1.807, 2.05) is 19.9 Å². The van der Waals surface area contributed by atoms with Crippen molar-refractivity contribution in [3.05, 3.63) is 62.0 Å². The Bertz CT molecular complexity index is 1100. The van der Waals surface area contributed by atoms with Crippen LogP contribution in [0.5, 0.6) is 0 Å². The Kier molecular flexibility index (Phi) is 5.89. The van der Waals surface area contributed by atoms with Crippen molar-refractivity contribution in [3.8, 4) is 0 Å². The van der Waals surface area contributed by atoms with Crippen LogP contribution in [-0.2, 0) is 17.6 Å². The fourth-order valence-electron chi connectivity index (χ4n) is 2.96. The zero-order valence-electron chi connectivity index (χ0n) is 15.8. The third-order valence-electron chi connectivity index (χ3n) is 4.62. The number of H-pyrrole nitrogens is 1. The number of amides is 2. The predicted molar refractivity (Wildman–Crippen MR) is 110 cm³/mol. The van der Waals surface area contributed by atoms with E-state index < -0.39 is 5.91 Å². The minimum atomic E-state index is -0.472. The fraction of sp³-hybridized carbons (Fsp3) is 0.300. The number of hydrogen-bond acceptors (Lipinski definition) is 5. The molecule has 2 amide bonds. The maximum atomic E-state index is 12.3. The molecule has 0 radical (unpaired) electrons. The SMILES string of the molecule is Cc1sc2nc(CCC(=O)NCCc3cccc(C(N)=O)c3)[nH]c(=O)c2c1C. The molecule has 0 saturated carbocycles. The second-order valence-corrected chi connectivity index (χ2v) is 7.84. The van der Waals surface area contributed by atoms with Gasteiger partial charge in [0.1, 0.15) is 10.7 Å². The number of aromatic nitrogens is 2. The van der Waals surface area contributed by atoms with Gasteiger partial charge in [0.25, 0.3) is 5.56 Å². The molecule has 28 heavy (non-hydrogen) atoms. The molecule has 0 bridgehead atoms. The summed E-state index contributed by atoms with van der Waals surface area (Å²) in [4.78, 5) is 44.6. The van der Waals surface area contributed by atoms with Crippen LogP contribution in [0, 0.1) is 13.8 Å². The number of carbonyl (C=O) groups is 2. The van der Waals surface area contributed by atoms with Crippen LogP contribution in [0.4, 0.5) is 0 Å². The Morgan fingerprint density at radius 1 is 1.25 bits per heavy atom. The van der Waals surface area contributed by atoms with Crippen molar-refractivity contribution >= 4 is 33.4 Å². The fourth-order valence-corrected chi connectivity index (χ4v) is 4.01. The van der Waals surface area contributed by atoms with E-state index in [9.17, 15) is 14.4 Å². The average molecular weight is 398 g/mol. The normalized spacial score (nSPS) is 10.9. The summed E-state index contributed by atoms with van der Waals surface area (Å²) in [5.41, 5.74) is 7.45. The molecule has 8 heteroatoms. The van der Waals surface area contributed by atoms with Crippen LogP contribution >= 0.6 is 11.3 Å². The Morgan fingerprint density at radius 2 is 2.04 bits per heavy atom. The van der Waals surface area contributed by atoms with Gasteiger partial charge in [0.05, 0.1) is 5.39 Å². The molecule has 3 aromatic rings. The van der Waals surface area contributed by atoms with Crippen LogP contribution in [0.2, 0.25) is 0 Å². The number of aromatic amines is 1. The molecule has 0 atom stereocenters. The first-order chi connectivity index (χ1) is 13.3. The number of nitrogens with one attached hydrogen (secondary N) is 2. The molecule has 4 N–H and O–H groups in total. The number of nitrogens with two attached hydrogens (primary N) is 1. The highest BCUT2D eigenvalue weighted by Crippen LogP contribution is 2.25. The molecule has 3 rings (SSSR count). The highest BCUT2D eigenvalue weighted by atomic mass is 32.1. The number of carbonyl (C=O) groups excluding carboxylic acids is 2. The van der Waals surface area contributed by atoms with Crippen molar-refractivity contribution in [2.24, 2.45) is 5.73 Å². The van der Waals surface area contributed by atoms with Crippen LogP contribution < -0.4 is 16.6 Å². The number of thiophene rings is 1.